The molecule has 0 saturated carbocycles. The Morgan fingerprint density at radius 1 is 1.18 bits per heavy atom. The lowest BCUT2D eigenvalue weighted by Gasteiger charge is -2.11. The molecule has 0 saturated heterocycles. The van der Waals surface area contributed by atoms with Gasteiger partial charge in [-0.25, -0.2) is 4.98 Å². The molecule has 0 unspecified atom stereocenters. The molecule has 0 radical (unpaired) electrons. The van der Waals surface area contributed by atoms with Gasteiger partial charge in [-0.1, -0.05) is 17.7 Å². The Morgan fingerprint density at radius 3 is 2.71 bits per heavy atom. The summed E-state index contributed by atoms with van der Waals surface area (Å²) >= 11 is 0. The van der Waals surface area contributed by atoms with Crippen molar-refractivity contribution in [3.63, 3.8) is 0 Å². The standard InChI is InChI=1S/C20H23N5O2.HI/c1-15-5-7-16(8-6-15)19-25-17(14-27-19)12-24-20(21-2)23-10-11-26-18-4-3-9-22-13-18;/h3-9,13-14H,10-12H2,1-2H3,(H2,21,23,24);1H. The van der Waals surface area contributed by atoms with Crippen molar-refractivity contribution in [2.75, 3.05) is 20.2 Å². The Kier molecular flexibility index (Phi) is 8.73. The van der Waals surface area contributed by atoms with Crippen LogP contribution in [0.25, 0.3) is 11.5 Å². The summed E-state index contributed by atoms with van der Waals surface area (Å²) in [6.45, 7) is 3.68. The highest BCUT2D eigenvalue weighted by atomic mass is 127. The van der Waals surface area contributed by atoms with Crippen LogP contribution in [-0.4, -0.2) is 36.1 Å². The average molecular weight is 493 g/mol. The van der Waals surface area contributed by atoms with Crippen molar-refractivity contribution in [1.29, 1.82) is 0 Å². The molecule has 2 N–H and O–H groups in total. The smallest absolute Gasteiger partial charge is 0.226 e. The number of oxazole rings is 1. The molecule has 0 aliphatic rings. The predicted molar refractivity (Wildman–Crippen MR) is 120 cm³/mol. The summed E-state index contributed by atoms with van der Waals surface area (Å²) < 4.78 is 11.2. The first-order valence-corrected chi connectivity index (χ1v) is 8.73. The maximum atomic E-state index is 5.59. The molecule has 0 spiro atoms. The second-order valence-electron chi connectivity index (χ2n) is 5.90. The van der Waals surface area contributed by atoms with E-state index in [1.54, 1.807) is 25.7 Å². The summed E-state index contributed by atoms with van der Waals surface area (Å²) in [5, 5.41) is 6.40. The number of nitrogens with one attached hydrogen (secondary N) is 2. The van der Waals surface area contributed by atoms with E-state index in [4.69, 9.17) is 9.15 Å². The van der Waals surface area contributed by atoms with Gasteiger partial charge >= 0.3 is 0 Å². The fourth-order valence-corrected chi connectivity index (χ4v) is 2.38. The maximum Gasteiger partial charge on any atom is 0.226 e. The zero-order valence-electron chi connectivity index (χ0n) is 15.9. The van der Waals surface area contributed by atoms with E-state index >= 15 is 0 Å². The Labute approximate surface area is 181 Å². The van der Waals surface area contributed by atoms with Gasteiger partial charge in [-0.2, -0.15) is 0 Å². The van der Waals surface area contributed by atoms with Crippen molar-refractivity contribution in [1.82, 2.24) is 20.6 Å². The van der Waals surface area contributed by atoms with Gasteiger partial charge in [0, 0.05) is 18.8 Å². The third-order valence-corrected chi connectivity index (χ3v) is 3.81. The number of aryl methyl sites for hydroxylation is 1. The zero-order valence-corrected chi connectivity index (χ0v) is 18.2. The van der Waals surface area contributed by atoms with Gasteiger partial charge in [-0.05, 0) is 31.2 Å². The van der Waals surface area contributed by atoms with Gasteiger partial charge in [-0.15, -0.1) is 24.0 Å². The molecule has 0 aliphatic carbocycles. The van der Waals surface area contributed by atoms with E-state index in [1.165, 1.54) is 5.56 Å². The maximum absolute atomic E-state index is 5.59. The normalized spacial score (nSPS) is 10.9. The summed E-state index contributed by atoms with van der Waals surface area (Å²) in [6.07, 6.45) is 5.05. The van der Waals surface area contributed by atoms with E-state index in [0.29, 0.717) is 31.5 Å². The third kappa shape index (κ3) is 6.52. The molecule has 2 aromatic heterocycles. The van der Waals surface area contributed by atoms with E-state index in [2.05, 4.69) is 32.5 Å². The first-order chi connectivity index (χ1) is 13.2. The van der Waals surface area contributed by atoms with Gasteiger partial charge in [0.2, 0.25) is 5.89 Å². The number of aromatic nitrogens is 2. The lowest BCUT2D eigenvalue weighted by Crippen LogP contribution is -2.38. The SMILES string of the molecule is CN=C(NCCOc1cccnc1)NCc1coc(-c2ccc(C)cc2)n1.I. The van der Waals surface area contributed by atoms with Crippen LogP contribution in [0.3, 0.4) is 0 Å². The first-order valence-electron chi connectivity index (χ1n) is 8.73. The number of ether oxygens (including phenoxy) is 1. The molecule has 7 nitrogen and oxygen atoms in total. The number of aliphatic imine (C=N–C) groups is 1. The van der Waals surface area contributed by atoms with Crippen LogP contribution in [0.4, 0.5) is 0 Å². The van der Waals surface area contributed by atoms with Crippen molar-refractivity contribution in [2.45, 2.75) is 13.5 Å². The highest BCUT2D eigenvalue weighted by Crippen LogP contribution is 2.18. The van der Waals surface area contributed by atoms with Gasteiger partial charge in [-0.3, -0.25) is 9.98 Å². The summed E-state index contributed by atoms with van der Waals surface area (Å²) in [4.78, 5) is 12.7. The van der Waals surface area contributed by atoms with Gasteiger partial charge in [0.05, 0.1) is 25.0 Å². The van der Waals surface area contributed by atoms with Crippen LogP contribution < -0.4 is 15.4 Å². The van der Waals surface area contributed by atoms with Gasteiger partial charge < -0.3 is 19.8 Å². The molecular formula is C20H24IN5O2. The lowest BCUT2D eigenvalue weighted by atomic mass is 10.1. The highest BCUT2D eigenvalue weighted by molar-refractivity contribution is 14.0. The Bertz CT molecular complexity index is 866. The fourth-order valence-electron chi connectivity index (χ4n) is 2.38. The molecule has 148 valence electrons. The fraction of sp³-hybridized carbons (Fsp3) is 0.250. The van der Waals surface area contributed by atoms with E-state index in [-0.39, 0.29) is 24.0 Å². The summed E-state index contributed by atoms with van der Waals surface area (Å²) in [6, 6.07) is 11.8. The largest absolute Gasteiger partial charge is 0.490 e. The second kappa shape index (κ2) is 11.3. The molecule has 0 aliphatic heterocycles. The number of pyridine rings is 1. The van der Waals surface area contributed by atoms with Crippen LogP contribution in [0.1, 0.15) is 11.3 Å². The van der Waals surface area contributed by atoms with Crippen molar-refractivity contribution >= 4 is 29.9 Å². The summed E-state index contributed by atoms with van der Waals surface area (Å²) in [5.74, 6) is 2.03. The average Bonchev–Trinajstić information content (AvgIpc) is 3.18. The number of guanidine groups is 1. The van der Waals surface area contributed by atoms with E-state index in [1.807, 2.05) is 36.4 Å². The van der Waals surface area contributed by atoms with Crippen LogP contribution in [0.15, 0.2) is 64.5 Å². The zero-order chi connectivity index (χ0) is 18.9. The minimum Gasteiger partial charge on any atom is -0.490 e. The molecule has 1 aromatic carbocycles. The Hall–Kier alpha value is -2.62. The molecule has 0 fully saturated rings. The molecule has 3 rings (SSSR count). The van der Waals surface area contributed by atoms with Gasteiger partial charge in [0.1, 0.15) is 18.6 Å². The molecule has 8 heteroatoms. The predicted octanol–water partition coefficient (Wildman–Crippen LogP) is 3.41. The van der Waals surface area contributed by atoms with E-state index in [9.17, 15) is 0 Å². The highest BCUT2D eigenvalue weighted by Gasteiger charge is 2.07. The van der Waals surface area contributed by atoms with Crippen molar-refractivity contribution in [2.24, 2.45) is 4.99 Å². The van der Waals surface area contributed by atoms with E-state index in [0.717, 1.165) is 17.0 Å². The number of hydrogen-bond acceptors (Lipinski definition) is 5. The number of benzene rings is 1. The molecule has 3 aromatic rings. The van der Waals surface area contributed by atoms with Crippen molar-refractivity contribution < 1.29 is 9.15 Å². The minimum absolute atomic E-state index is 0. The quantitative estimate of drug-likeness (QED) is 0.227. The molecule has 0 amide bonds. The van der Waals surface area contributed by atoms with Crippen LogP contribution in [0.5, 0.6) is 5.75 Å². The van der Waals surface area contributed by atoms with Crippen molar-refractivity contribution in [3.05, 3.63) is 66.3 Å². The van der Waals surface area contributed by atoms with Gasteiger partial charge in [0.25, 0.3) is 0 Å². The van der Waals surface area contributed by atoms with Crippen molar-refractivity contribution in [3.8, 4) is 17.2 Å². The Morgan fingerprint density at radius 2 is 2.00 bits per heavy atom. The topological polar surface area (TPSA) is 84.6 Å². The summed E-state index contributed by atoms with van der Waals surface area (Å²) in [5.41, 5.74) is 2.97. The molecule has 0 atom stereocenters. The number of nitrogens with zero attached hydrogens (tertiary/aromatic N) is 3. The number of hydrogen-bond donors (Lipinski definition) is 2. The van der Waals surface area contributed by atoms with E-state index < -0.39 is 0 Å². The Balaban J connectivity index is 0.00000280. The lowest BCUT2D eigenvalue weighted by molar-refractivity contribution is 0.320. The number of rotatable bonds is 7. The van der Waals surface area contributed by atoms with Crippen LogP contribution >= 0.6 is 24.0 Å². The molecule has 2 heterocycles. The molecule has 28 heavy (non-hydrogen) atoms. The third-order valence-electron chi connectivity index (χ3n) is 3.81. The second-order valence-corrected chi connectivity index (χ2v) is 5.90. The molecular weight excluding hydrogens is 469 g/mol. The minimum atomic E-state index is 0. The van der Waals surface area contributed by atoms with Gasteiger partial charge in [0.15, 0.2) is 5.96 Å². The van der Waals surface area contributed by atoms with Crippen LogP contribution in [0, 0.1) is 6.92 Å². The number of halogens is 1. The van der Waals surface area contributed by atoms with Crippen LogP contribution in [0.2, 0.25) is 0 Å². The molecule has 0 bridgehead atoms. The van der Waals surface area contributed by atoms with Crippen LogP contribution in [-0.2, 0) is 6.54 Å². The summed E-state index contributed by atoms with van der Waals surface area (Å²) in [7, 11) is 1.72. The monoisotopic (exact) mass is 493 g/mol. The first kappa shape index (κ1) is 21.7.